The Morgan fingerprint density at radius 1 is 1.45 bits per heavy atom. The summed E-state index contributed by atoms with van der Waals surface area (Å²) in [6.07, 6.45) is 0. The van der Waals surface area contributed by atoms with Crippen LogP contribution < -0.4 is 5.73 Å². The van der Waals surface area contributed by atoms with Gasteiger partial charge in [0.2, 0.25) is 0 Å². The van der Waals surface area contributed by atoms with E-state index in [0.717, 1.165) is 16.8 Å². The molecule has 11 heavy (non-hydrogen) atoms. The maximum Gasteiger partial charge on any atom is 0.0390 e. The lowest BCUT2D eigenvalue weighted by atomic mass is 10.1. The molecule has 1 aromatic rings. The maximum absolute atomic E-state index is 5.70. The van der Waals surface area contributed by atoms with E-state index in [4.69, 9.17) is 17.3 Å². The van der Waals surface area contributed by atoms with Crippen LogP contribution in [0, 0.1) is 0 Å². The van der Waals surface area contributed by atoms with Crippen LogP contribution >= 0.6 is 11.6 Å². The lowest BCUT2D eigenvalue weighted by Crippen LogP contribution is -1.90. The summed E-state index contributed by atoms with van der Waals surface area (Å²) >= 11 is 5.54. The summed E-state index contributed by atoms with van der Waals surface area (Å²) in [5.41, 5.74) is 9.99. The molecule has 0 spiro atoms. The fourth-order valence-electron chi connectivity index (χ4n) is 0.915. The minimum absolute atomic E-state index is 0.766. The highest BCUT2D eigenvalue weighted by Crippen LogP contribution is 2.20. The van der Waals surface area contributed by atoms with Crippen molar-refractivity contribution < 1.29 is 0 Å². The normalized spacial score (nSPS) is 11.6. The number of nitrogens with two attached hydrogens (primary N) is 1. The number of rotatable bonds is 1. The summed E-state index contributed by atoms with van der Waals surface area (Å²) in [6, 6.07) is 7.65. The number of hydrogen-bond acceptors (Lipinski definition) is 1. The van der Waals surface area contributed by atoms with Gasteiger partial charge in [0, 0.05) is 16.8 Å². The number of nitrogen functional groups attached to an aromatic ring is 1. The summed E-state index contributed by atoms with van der Waals surface area (Å²) in [4.78, 5) is 0. The molecule has 1 rings (SSSR count). The van der Waals surface area contributed by atoms with Crippen molar-refractivity contribution in [1.29, 1.82) is 0 Å². The Kier molecular flexibility index (Phi) is 2.55. The predicted molar refractivity (Wildman–Crippen MR) is 50.4 cm³/mol. The molecule has 58 valence electrons. The Morgan fingerprint density at radius 3 is 2.64 bits per heavy atom. The first-order valence-corrected chi connectivity index (χ1v) is 3.81. The molecule has 0 aliphatic carbocycles. The summed E-state index contributed by atoms with van der Waals surface area (Å²) in [5, 5.41) is 0. The van der Waals surface area contributed by atoms with Gasteiger partial charge in [-0.3, -0.25) is 0 Å². The summed E-state index contributed by atoms with van der Waals surface area (Å²) in [6.45, 7) is 1.93. The van der Waals surface area contributed by atoms with Crippen molar-refractivity contribution in [2.24, 2.45) is 0 Å². The first-order valence-electron chi connectivity index (χ1n) is 3.37. The average Bonchev–Trinajstić information content (AvgIpc) is 2.04. The highest BCUT2D eigenvalue weighted by atomic mass is 35.5. The monoisotopic (exact) mass is 167 g/mol. The molecule has 2 heteroatoms. The molecule has 0 saturated carbocycles. The van der Waals surface area contributed by atoms with Crippen LogP contribution in [-0.4, -0.2) is 0 Å². The zero-order valence-electron chi connectivity index (χ0n) is 6.34. The Labute approximate surface area is 71.5 Å². The zero-order valence-corrected chi connectivity index (χ0v) is 7.10. The van der Waals surface area contributed by atoms with E-state index in [-0.39, 0.29) is 0 Å². The van der Waals surface area contributed by atoms with Gasteiger partial charge in [-0.1, -0.05) is 29.8 Å². The standard InChI is InChI=1S/C9H10ClN/c1-7(6-10)8-4-2-3-5-9(8)11/h2-6H,11H2,1H3/b7-6-. The van der Waals surface area contributed by atoms with Crippen LogP contribution in [0.2, 0.25) is 0 Å². The van der Waals surface area contributed by atoms with E-state index in [1.165, 1.54) is 5.54 Å². The van der Waals surface area contributed by atoms with E-state index in [0.29, 0.717) is 0 Å². The van der Waals surface area contributed by atoms with Crippen LogP contribution in [0.3, 0.4) is 0 Å². The van der Waals surface area contributed by atoms with E-state index < -0.39 is 0 Å². The first-order chi connectivity index (χ1) is 5.25. The molecular formula is C9H10ClN. The van der Waals surface area contributed by atoms with Crippen molar-refractivity contribution >= 4 is 22.9 Å². The van der Waals surface area contributed by atoms with E-state index in [1.54, 1.807) is 0 Å². The second-order valence-corrected chi connectivity index (χ2v) is 2.60. The number of allylic oxidation sites excluding steroid dienone is 1. The van der Waals surface area contributed by atoms with E-state index in [9.17, 15) is 0 Å². The summed E-state index contributed by atoms with van der Waals surface area (Å²) in [5.74, 6) is 0. The van der Waals surface area contributed by atoms with Gasteiger partial charge in [-0.25, -0.2) is 0 Å². The third kappa shape index (κ3) is 1.75. The van der Waals surface area contributed by atoms with Crippen molar-refractivity contribution in [2.45, 2.75) is 6.92 Å². The predicted octanol–water partition coefficient (Wildman–Crippen LogP) is 2.87. The Bertz CT molecular complexity index is 279. The molecule has 2 N–H and O–H groups in total. The van der Waals surface area contributed by atoms with Crippen molar-refractivity contribution in [3.05, 3.63) is 35.4 Å². The molecule has 0 amide bonds. The highest BCUT2D eigenvalue weighted by Gasteiger charge is 1.97. The minimum Gasteiger partial charge on any atom is -0.398 e. The maximum atomic E-state index is 5.70. The Balaban J connectivity index is 3.14. The molecule has 1 aromatic carbocycles. The van der Waals surface area contributed by atoms with Gasteiger partial charge in [0.25, 0.3) is 0 Å². The van der Waals surface area contributed by atoms with Crippen molar-refractivity contribution in [3.8, 4) is 0 Å². The van der Waals surface area contributed by atoms with Gasteiger partial charge in [0.05, 0.1) is 0 Å². The van der Waals surface area contributed by atoms with Gasteiger partial charge in [-0.2, -0.15) is 0 Å². The molecule has 0 aliphatic heterocycles. The lowest BCUT2D eigenvalue weighted by molar-refractivity contribution is 1.57. The third-order valence-electron chi connectivity index (χ3n) is 1.55. The smallest absolute Gasteiger partial charge is 0.0390 e. The van der Waals surface area contributed by atoms with Crippen molar-refractivity contribution in [2.75, 3.05) is 5.73 Å². The largest absolute Gasteiger partial charge is 0.398 e. The van der Waals surface area contributed by atoms with Gasteiger partial charge in [0.15, 0.2) is 0 Å². The fraction of sp³-hybridized carbons (Fsp3) is 0.111. The molecule has 0 radical (unpaired) electrons. The highest BCUT2D eigenvalue weighted by molar-refractivity contribution is 6.28. The van der Waals surface area contributed by atoms with E-state index >= 15 is 0 Å². The number of para-hydroxylation sites is 1. The SMILES string of the molecule is C/C(=C/Cl)c1ccccc1N. The van der Waals surface area contributed by atoms with Gasteiger partial charge in [0.1, 0.15) is 0 Å². The molecule has 0 saturated heterocycles. The molecule has 0 aliphatic rings. The second-order valence-electron chi connectivity index (χ2n) is 2.38. The molecule has 0 aromatic heterocycles. The van der Waals surface area contributed by atoms with Gasteiger partial charge in [-0.15, -0.1) is 0 Å². The molecular weight excluding hydrogens is 158 g/mol. The molecule has 1 nitrogen and oxygen atoms in total. The van der Waals surface area contributed by atoms with Gasteiger partial charge < -0.3 is 5.73 Å². The number of halogens is 1. The first kappa shape index (κ1) is 8.15. The molecule has 0 bridgehead atoms. The quantitative estimate of drug-likeness (QED) is 0.640. The summed E-state index contributed by atoms with van der Waals surface area (Å²) < 4.78 is 0. The van der Waals surface area contributed by atoms with Crippen LogP contribution in [0.4, 0.5) is 5.69 Å². The topological polar surface area (TPSA) is 26.0 Å². The Morgan fingerprint density at radius 2 is 2.09 bits per heavy atom. The Hall–Kier alpha value is -0.950. The lowest BCUT2D eigenvalue weighted by Gasteiger charge is -2.02. The van der Waals surface area contributed by atoms with Crippen molar-refractivity contribution in [3.63, 3.8) is 0 Å². The van der Waals surface area contributed by atoms with Gasteiger partial charge >= 0.3 is 0 Å². The average molecular weight is 168 g/mol. The van der Waals surface area contributed by atoms with E-state index in [1.807, 2.05) is 31.2 Å². The molecule has 0 unspecified atom stereocenters. The van der Waals surface area contributed by atoms with Crippen LogP contribution in [0.15, 0.2) is 29.8 Å². The number of benzene rings is 1. The molecule has 0 atom stereocenters. The van der Waals surface area contributed by atoms with Gasteiger partial charge in [-0.05, 0) is 18.6 Å². The fourth-order valence-corrected chi connectivity index (χ4v) is 1.03. The molecule has 0 fully saturated rings. The van der Waals surface area contributed by atoms with Crippen LogP contribution in [-0.2, 0) is 0 Å². The number of anilines is 1. The minimum atomic E-state index is 0.766. The van der Waals surface area contributed by atoms with E-state index in [2.05, 4.69) is 0 Å². The van der Waals surface area contributed by atoms with Crippen LogP contribution in [0.5, 0.6) is 0 Å². The van der Waals surface area contributed by atoms with Crippen LogP contribution in [0.25, 0.3) is 5.57 Å². The second kappa shape index (κ2) is 3.44. The molecule has 0 heterocycles. The zero-order chi connectivity index (χ0) is 8.27. The third-order valence-corrected chi connectivity index (χ3v) is 1.88. The van der Waals surface area contributed by atoms with Crippen LogP contribution in [0.1, 0.15) is 12.5 Å². The number of hydrogen-bond donors (Lipinski definition) is 1. The summed E-state index contributed by atoms with van der Waals surface area (Å²) in [7, 11) is 0. The van der Waals surface area contributed by atoms with Crippen molar-refractivity contribution in [1.82, 2.24) is 0 Å².